The van der Waals surface area contributed by atoms with Gasteiger partial charge in [0, 0.05) is 26.0 Å². The van der Waals surface area contributed by atoms with Gasteiger partial charge in [0.05, 0.1) is 19.0 Å². The SMILES string of the molecule is NC(=O)[C@@H]1CCC[N+]1(C(=O)NCCCCO)C(=O)[C@H](CC1CCCC1)CN(O)C=O. The van der Waals surface area contributed by atoms with Crippen molar-refractivity contribution < 1.29 is 34.0 Å². The fourth-order valence-corrected chi connectivity index (χ4v) is 4.95. The monoisotopic (exact) mass is 427 g/mol. The number of amides is 5. The molecule has 1 saturated carbocycles. The number of nitrogens with one attached hydrogen (secondary N) is 1. The number of rotatable bonds is 11. The number of imide groups is 1. The second kappa shape index (κ2) is 11.4. The van der Waals surface area contributed by atoms with E-state index in [1.165, 1.54) is 0 Å². The number of hydrogen-bond donors (Lipinski definition) is 4. The Balaban J connectivity index is 2.30. The second-order valence-corrected chi connectivity index (χ2v) is 8.46. The molecule has 0 aromatic carbocycles. The molecule has 5 N–H and O–H groups in total. The molecule has 170 valence electrons. The normalized spacial score (nSPS) is 25.1. The Morgan fingerprint density at radius 3 is 2.47 bits per heavy atom. The third-order valence-electron chi connectivity index (χ3n) is 6.44. The number of nitrogens with zero attached hydrogens (tertiary/aromatic N) is 2. The molecule has 1 aliphatic heterocycles. The number of aliphatic hydroxyl groups excluding tert-OH is 1. The number of likely N-dealkylation sites (tertiary alicyclic amines) is 1. The lowest BCUT2D eigenvalue weighted by Gasteiger charge is -2.36. The summed E-state index contributed by atoms with van der Waals surface area (Å²) in [5, 5.41) is 21.9. The van der Waals surface area contributed by atoms with Crippen LogP contribution in [0.25, 0.3) is 0 Å². The maximum absolute atomic E-state index is 13.8. The van der Waals surface area contributed by atoms with Crippen LogP contribution in [-0.2, 0) is 14.4 Å². The first kappa shape index (κ1) is 24.2. The Hall–Kier alpha value is -2.04. The smallest absolute Gasteiger partial charge is 0.396 e. The van der Waals surface area contributed by atoms with Gasteiger partial charge in [-0.3, -0.25) is 14.8 Å². The summed E-state index contributed by atoms with van der Waals surface area (Å²) in [6.45, 7) is 0.209. The van der Waals surface area contributed by atoms with Crippen LogP contribution in [0.4, 0.5) is 4.79 Å². The van der Waals surface area contributed by atoms with Crippen LogP contribution < -0.4 is 11.1 Å². The molecule has 0 radical (unpaired) electrons. The van der Waals surface area contributed by atoms with Crippen molar-refractivity contribution in [1.82, 2.24) is 10.4 Å². The van der Waals surface area contributed by atoms with Gasteiger partial charge in [0.1, 0.15) is 0 Å². The molecule has 0 aromatic heterocycles. The van der Waals surface area contributed by atoms with Crippen molar-refractivity contribution in [3.8, 4) is 0 Å². The standard InChI is InChI=1S/C20H34N4O6/c21-18(27)17-8-5-10-24(17,20(29)22-9-3-4-11-25)19(28)16(13-23(30)14-26)12-15-6-1-2-7-15/h14-17,25,30H,1-13H2,(H2-,21,22,27,29)/p+1/t16-,17+,24?/m1/s1. The first-order chi connectivity index (χ1) is 14.4. The van der Waals surface area contributed by atoms with Gasteiger partial charge in [0.2, 0.25) is 6.41 Å². The van der Waals surface area contributed by atoms with Crippen molar-refractivity contribution in [2.75, 3.05) is 26.2 Å². The summed E-state index contributed by atoms with van der Waals surface area (Å²) < 4.78 is -0.710. The van der Waals surface area contributed by atoms with Crippen LogP contribution in [0.3, 0.4) is 0 Å². The molecule has 2 aliphatic rings. The highest BCUT2D eigenvalue weighted by molar-refractivity contribution is 5.91. The highest BCUT2D eigenvalue weighted by atomic mass is 16.5. The van der Waals surface area contributed by atoms with Crippen molar-refractivity contribution in [2.24, 2.45) is 17.6 Å². The molecule has 30 heavy (non-hydrogen) atoms. The number of nitrogens with two attached hydrogens (primary N) is 1. The molecule has 2 rings (SSSR count). The minimum atomic E-state index is -0.968. The Kier molecular flexibility index (Phi) is 9.19. The van der Waals surface area contributed by atoms with E-state index in [1.807, 2.05) is 0 Å². The average molecular weight is 428 g/mol. The second-order valence-electron chi connectivity index (χ2n) is 8.46. The Morgan fingerprint density at radius 2 is 1.87 bits per heavy atom. The first-order valence-corrected chi connectivity index (χ1v) is 10.9. The fourth-order valence-electron chi connectivity index (χ4n) is 4.95. The van der Waals surface area contributed by atoms with Crippen molar-refractivity contribution >= 4 is 24.3 Å². The van der Waals surface area contributed by atoms with E-state index < -0.39 is 34.3 Å². The molecular formula is C20H35N4O6+. The van der Waals surface area contributed by atoms with E-state index in [0.29, 0.717) is 37.2 Å². The quantitative estimate of drug-likeness (QED) is 0.124. The molecular weight excluding hydrogens is 392 g/mol. The van der Waals surface area contributed by atoms with Gasteiger partial charge < -0.3 is 16.2 Å². The molecule has 1 unspecified atom stereocenters. The van der Waals surface area contributed by atoms with Gasteiger partial charge in [-0.25, -0.2) is 14.7 Å². The lowest BCUT2D eigenvalue weighted by molar-refractivity contribution is -0.779. The van der Waals surface area contributed by atoms with Crippen LogP contribution in [0.5, 0.6) is 0 Å². The number of quaternary nitrogens is 1. The molecule has 10 nitrogen and oxygen atoms in total. The van der Waals surface area contributed by atoms with Crippen molar-refractivity contribution in [3.05, 3.63) is 0 Å². The molecule has 1 aliphatic carbocycles. The predicted molar refractivity (Wildman–Crippen MR) is 107 cm³/mol. The Labute approximate surface area is 176 Å². The lowest BCUT2D eigenvalue weighted by atomic mass is 9.90. The van der Waals surface area contributed by atoms with Crippen molar-refractivity contribution in [2.45, 2.75) is 63.8 Å². The number of unbranched alkanes of at least 4 members (excludes halogenated alkanes) is 1. The summed E-state index contributed by atoms with van der Waals surface area (Å²) in [5.41, 5.74) is 5.58. The number of carbonyl (C=O) groups excluding carboxylic acids is 4. The predicted octanol–water partition coefficient (Wildman–Crippen LogP) is 0.504. The van der Waals surface area contributed by atoms with Gasteiger partial charge in [-0.1, -0.05) is 25.7 Å². The van der Waals surface area contributed by atoms with Crippen molar-refractivity contribution in [1.29, 1.82) is 0 Å². The van der Waals surface area contributed by atoms with Crippen LogP contribution in [0.15, 0.2) is 0 Å². The zero-order chi connectivity index (χ0) is 22.1. The topological polar surface area (TPSA) is 150 Å². The molecule has 1 saturated heterocycles. The number of hydrogen-bond acceptors (Lipinski definition) is 6. The fraction of sp³-hybridized carbons (Fsp3) is 0.800. The summed E-state index contributed by atoms with van der Waals surface area (Å²) in [6.07, 6.45) is 6.63. The summed E-state index contributed by atoms with van der Waals surface area (Å²) >= 11 is 0. The minimum Gasteiger partial charge on any atom is -0.396 e. The number of carbonyl (C=O) groups is 4. The maximum Gasteiger partial charge on any atom is 0.424 e. The van der Waals surface area contributed by atoms with Crippen LogP contribution in [0, 0.1) is 11.8 Å². The summed E-state index contributed by atoms with van der Waals surface area (Å²) in [4.78, 5) is 50.1. The number of urea groups is 1. The molecule has 3 atom stereocenters. The Morgan fingerprint density at radius 1 is 1.17 bits per heavy atom. The number of aliphatic hydroxyl groups is 1. The average Bonchev–Trinajstić information content (AvgIpc) is 3.40. The van der Waals surface area contributed by atoms with E-state index in [2.05, 4.69) is 5.32 Å². The highest BCUT2D eigenvalue weighted by Crippen LogP contribution is 2.35. The molecule has 0 bridgehead atoms. The van der Waals surface area contributed by atoms with Gasteiger partial charge >= 0.3 is 11.9 Å². The van der Waals surface area contributed by atoms with E-state index >= 15 is 0 Å². The molecule has 2 fully saturated rings. The summed E-state index contributed by atoms with van der Waals surface area (Å²) in [5.74, 6) is -1.67. The lowest BCUT2D eigenvalue weighted by Crippen LogP contribution is -2.68. The minimum absolute atomic E-state index is 0.000203. The zero-order valence-electron chi connectivity index (χ0n) is 17.5. The van der Waals surface area contributed by atoms with E-state index in [0.717, 1.165) is 25.7 Å². The van der Waals surface area contributed by atoms with E-state index in [9.17, 15) is 24.4 Å². The molecule has 0 aromatic rings. The molecule has 0 spiro atoms. The third kappa shape index (κ3) is 5.55. The van der Waals surface area contributed by atoms with Crippen LogP contribution in [0.2, 0.25) is 0 Å². The van der Waals surface area contributed by atoms with E-state index in [-0.39, 0.29) is 38.6 Å². The van der Waals surface area contributed by atoms with Gasteiger partial charge in [0.25, 0.3) is 5.91 Å². The summed E-state index contributed by atoms with van der Waals surface area (Å²) in [7, 11) is 0. The van der Waals surface area contributed by atoms with E-state index in [1.54, 1.807) is 0 Å². The van der Waals surface area contributed by atoms with Crippen LogP contribution in [-0.4, -0.2) is 76.4 Å². The van der Waals surface area contributed by atoms with Gasteiger partial charge in [-0.15, -0.1) is 0 Å². The highest BCUT2D eigenvalue weighted by Gasteiger charge is 2.58. The number of hydroxylamine groups is 2. The third-order valence-corrected chi connectivity index (χ3v) is 6.44. The van der Waals surface area contributed by atoms with Crippen LogP contribution >= 0.6 is 0 Å². The van der Waals surface area contributed by atoms with Gasteiger partial charge in [-0.2, -0.15) is 4.48 Å². The van der Waals surface area contributed by atoms with Gasteiger partial charge in [-0.05, 0) is 25.2 Å². The van der Waals surface area contributed by atoms with Crippen molar-refractivity contribution in [3.63, 3.8) is 0 Å². The molecule has 5 amide bonds. The number of primary amides is 1. The van der Waals surface area contributed by atoms with E-state index in [4.69, 9.17) is 10.8 Å². The maximum atomic E-state index is 13.8. The molecule has 1 heterocycles. The Bertz CT molecular complexity index is 624. The zero-order valence-corrected chi connectivity index (χ0v) is 17.5. The largest absolute Gasteiger partial charge is 0.424 e. The first-order valence-electron chi connectivity index (χ1n) is 10.9. The summed E-state index contributed by atoms with van der Waals surface area (Å²) in [6, 6.07) is -1.55. The molecule has 10 heteroatoms. The van der Waals surface area contributed by atoms with Crippen LogP contribution in [0.1, 0.15) is 57.8 Å². The van der Waals surface area contributed by atoms with Gasteiger partial charge in [0.15, 0.2) is 6.04 Å².